The van der Waals surface area contributed by atoms with E-state index in [2.05, 4.69) is 21.2 Å². The molecule has 0 aliphatic carbocycles. The zero-order chi connectivity index (χ0) is 30.2. The quantitative estimate of drug-likeness (QED) is 0.261. The van der Waals surface area contributed by atoms with E-state index in [1.165, 1.54) is 24.1 Å². The van der Waals surface area contributed by atoms with Gasteiger partial charge in [0.05, 0.1) is 22.2 Å². The number of nitrogens with zero attached hydrogens (tertiary/aromatic N) is 2. The van der Waals surface area contributed by atoms with Gasteiger partial charge in [-0.2, -0.15) is 0 Å². The van der Waals surface area contributed by atoms with E-state index in [-0.39, 0.29) is 17.3 Å². The predicted molar refractivity (Wildman–Crippen MR) is 166 cm³/mol. The summed E-state index contributed by atoms with van der Waals surface area (Å²) >= 11 is 3.37. The first kappa shape index (κ1) is 32.1. The second-order valence-corrected chi connectivity index (χ2v) is 12.6. The lowest BCUT2D eigenvalue weighted by Crippen LogP contribution is -2.52. The Morgan fingerprint density at radius 1 is 0.951 bits per heavy atom. The van der Waals surface area contributed by atoms with E-state index in [0.29, 0.717) is 28.9 Å². The lowest BCUT2D eigenvalue weighted by molar-refractivity contribution is -0.140. The lowest BCUT2D eigenvalue weighted by Gasteiger charge is -2.33. The number of hydrogen-bond acceptors (Lipinski definition) is 5. The molecule has 0 aliphatic rings. The Hall–Kier alpha value is -3.37. The minimum Gasteiger partial charge on any atom is -0.496 e. The third-order valence-electron chi connectivity index (χ3n) is 6.72. The van der Waals surface area contributed by atoms with E-state index in [1.807, 2.05) is 52.0 Å². The number of amides is 2. The van der Waals surface area contributed by atoms with Gasteiger partial charge in [-0.15, -0.1) is 0 Å². The molecule has 41 heavy (non-hydrogen) atoms. The molecule has 8 nitrogen and oxygen atoms in total. The van der Waals surface area contributed by atoms with Gasteiger partial charge in [0.25, 0.3) is 10.0 Å². The topological polar surface area (TPSA) is 96.0 Å². The molecule has 0 spiro atoms. The fourth-order valence-electron chi connectivity index (χ4n) is 4.35. The van der Waals surface area contributed by atoms with Gasteiger partial charge in [0.15, 0.2) is 0 Å². The number of ether oxygens (including phenoxy) is 1. The van der Waals surface area contributed by atoms with E-state index in [0.717, 1.165) is 27.4 Å². The van der Waals surface area contributed by atoms with Crippen LogP contribution in [0.25, 0.3) is 0 Å². The standard InChI is InChI=1S/C31H38BrN3O5S/c1-6-18-33-31(37)28(7-2)34(20-24-12-8-22(3)9-13-24)30(36)21-35(25-14-10-23(4)11-15-25)41(38,39)26-16-17-29(40-5)27(32)19-26/h8-17,19,28H,6-7,18,20-21H2,1-5H3,(H,33,37). The summed E-state index contributed by atoms with van der Waals surface area (Å²) in [6, 6.07) is 18.3. The number of rotatable bonds is 13. The van der Waals surface area contributed by atoms with Gasteiger partial charge in [-0.3, -0.25) is 13.9 Å². The van der Waals surface area contributed by atoms with Gasteiger partial charge in [-0.25, -0.2) is 8.42 Å². The molecule has 0 radical (unpaired) electrons. The summed E-state index contributed by atoms with van der Waals surface area (Å²) in [6.07, 6.45) is 1.13. The number of aryl methyl sites for hydroxylation is 2. The minimum absolute atomic E-state index is 0.00337. The number of anilines is 1. The third kappa shape index (κ3) is 8.10. The number of methoxy groups -OCH3 is 1. The number of halogens is 1. The highest BCUT2D eigenvalue weighted by Gasteiger charge is 2.33. The largest absolute Gasteiger partial charge is 0.496 e. The van der Waals surface area contributed by atoms with E-state index >= 15 is 0 Å². The van der Waals surface area contributed by atoms with Gasteiger partial charge in [-0.1, -0.05) is 61.4 Å². The van der Waals surface area contributed by atoms with Crippen LogP contribution in [-0.2, 0) is 26.2 Å². The van der Waals surface area contributed by atoms with Crippen molar-refractivity contribution in [1.29, 1.82) is 0 Å². The highest BCUT2D eigenvalue weighted by atomic mass is 79.9. The van der Waals surface area contributed by atoms with E-state index in [1.54, 1.807) is 30.3 Å². The number of nitrogens with one attached hydrogen (secondary N) is 1. The maximum atomic E-state index is 14.1. The van der Waals surface area contributed by atoms with Crippen molar-refractivity contribution < 1.29 is 22.7 Å². The Kier molecular flexibility index (Phi) is 11.4. The van der Waals surface area contributed by atoms with Crippen LogP contribution in [0, 0.1) is 13.8 Å². The van der Waals surface area contributed by atoms with Gasteiger partial charge >= 0.3 is 0 Å². The van der Waals surface area contributed by atoms with Crippen molar-refractivity contribution in [2.45, 2.75) is 58.0 Å². The first-order valence-corrected chi connectivity index (χ1v) is 15.8. The Balaban J connectivity index is 2.06. The molecule has 10 heteroatoms. The Labute approximate surface area is 251 Å². The summed E-state index contributed by atoms with van der Waals surface area (Å²) in [5.41, 5.74) is 3.20. The lowest BCUT2D eigenvalue weighted by atomic mass is 10.1. The molecular weight excluding hydrogens is 606 g/mol. The zero-order valence-electron chi connectivity index (χ0n) is 24.2. The molecule has 2 amide bonds. The molecule has 0 bridgehead atoms. The van der Waals surface area contributed by atoms with Crippen molar-refractivity contribution in [1.82, 2.24) is 10.2 Å². The molecule has 3 aromatic carbocycles. The van der Waals surface area contributed by atoms with Crippen LogP contribution in [-0.4, -0.2) is 51.4 Å². The molecule has 1 N–H and O–H groups in total. The SMILES string of the molecule is CCCNC(=O)C(CC)N(Cc1ccc(C)cc1)C(=O)CN(c1ccc(C)cc1)S(=O)(=O)c1ccc(OC)c(Br)c1. The van der Waals surface area contributed by atoms with E-state index in [4.69, 9.17) is 4.74 Å². The van der Waals surface area contributed by atoms with Crippen LogP contribution >= 0.6 is 15.9 Å². The van der Waals surface area contributed by atoms with Gasteiger partial charge in [0.1, 0.15) is 18.3 Å². The number of benzene rings is 3. The normalized spacial score (nSPS) is 12.0. The van der Waals surface area contributed by atoms with Crippen LogP contribution < -0.4 is 14.4 Å². The number of sulfonamides is 1. The summed E-state index contributed by atoms with van der Waals surface area (Å²) in [5, 5.41) is 2.90. The van der Waals surface area contributed by atoms with Gasteiger partial charge in [0.2, 0.25) is 11.8 Å². The van der Waals surface area contributed by atoms with Gasteiger partial charge < -0.3 is 15.0 Å². The van der Waals surface area contributed by atoms with Crippen LogP contribution in [0.2, 0.25) is 0 Å². The second-order valence-electron chi connectivity index (χ2n) is 9.87. The summed E-state index contributed by atoms with van der Waals surface area (Å²) in [5.74, 6) is -0.269. The zero-order valence-corrected chi connectivity index (χ0v) is 26.6. The van der Waals surface area contributed by atoms with Crippen LogP contribution in [0.4, 0.5) is 5.69 Å². The van der Waals surface area contributed by atoms with Crippen LogP contribution in [0.3, 0.4) is 0 Å². The summed E-state index contributed by atoms with van der Waals surface area (Å²) < 4.78 is 34.9. The molecule has 220 valence electrons. The van der Waals surface area contributed by atoms with Gasteiger partial charge in [-0.05, 0) is 78.5 Å². The molecule has 3 rings (SSSR count). The highest BCUT2D eigenvalue weighted by molar-refractivity contribution is 9.10. The van der Waals surface area contributed by atoms with Crippen molar-refractivity contribution in [2.75, 3.05) is 24.5 Å². The smallest absolute Gasteiger partial charge is 0.264 e. The molecule has 0 saturated heterocycles. The molecule has 0 saturated carbocycles. The fourth-order valence-corrected chi connectivity index (χ4v) is 6.48. The third-order valence-corrected chi connectivity index (χ3v) is 9.11. The minimum atomic E-state index is -4.19. The van der Waals surface area contributed by atoms with Crippen molar-refractivity contribution >= 4 is 43.5 Å². The molecule has 0 aliphatic heterocycles. The molecule has 3 aromatic rings. The highest BCUT2D eigenvalue weighted by Crippen LogP contribution is 2.31. The first-order valence-electron chi connectivity index (χ1n) is 13.6. The maximum absolute atomic E-state index is 14.1. The second kappa shape index (κ2) is 14.5. The summed E-state index contributed by atoms with van der Waals surface area (Å²) in [4.78, 5) is 28.8. The van der Waals surface area contributed by atoms with E-state index in [9.17, 15) is 18.0 Å². The van der Waals surface area contributed by atoms with Crippen molar-refractivity contribution in [3.63, 3.8) is 0 Å². The van der Waals surface area contributed by atoms with Crippen LogP contribution in [0.5, 0.6) is 5.75 Å². The average Bonchev–Trinajstić information content (AvgIpc) is 2.96. The summed E-state index contributed by atoms with van der Waals surface area (Å²) in [6.45, 7) is 7.83. The van der Waals surface area contributed by atoms with E-state index < -0.39 is 28.5 Å². The average molecular weight is 645 g/mol. The Bertz CT molecular complexity index is 1440. The molecule has 1 unspecified atom stereocenters. The molecule has 1 atom stereocenters. The monoisotopic (exact) mass is 643 g/mol. The van der Waals surface area contributed by atoms with Crippen molar-refractivity contribution in [3.05, 3.63) is 87.9 Å². The Morgan fingerprint density at radius 2 is 1.56 bits per heavy atom. The summed E-state index contributed by atoms with van der Waals surface area (Å²) in [7, 11) is -2.69. The molecule has 0 aromatic heterocycles. The molecular formula is C31H38BrN3O5S. The molecule has 0 fully saturated rings. The van der Waals surface area contributed by atoms with Gasteiger partial charge in [0, 0.05) is 13.1 Å². The van der Waals surface area contributed by atoms with Crippen molar-refractivity contribution in [2.24, 2.45) is 0 Å². The predicted octanol–water partition coefficient (Wildman–Crippen LogP) is 5.60. The number of carbonyl (C=O) groups excluding carboxylic acids is 2. The Morgan fingerprint density at radius 3 is 2.10 bits per heavy atom. The van der Waals surface area contributed by atoms with Crippen LogP contribution in [0.1, 0.15) is 43.4 Å². The maximum Gasteiger partial charge on any atom is 0.264 e. The number of hydrogen-bond donors (Lipinski definition) is 1. The van der Waals surface area contributed by atoms with Crippen molar-refractivity contribution in [3.8, 4) is 5.75 Å². The number of carbonyl (C=O) groups is 2. The van der Waals surface area contributed by atoms with Crippen LogP contribution in [0.15, 0.2) is 76.1 Å². The molecule has 0 heterocycles. The first-order chi connectivity index (χ1) is 19.5. The fraction of sp³-hybridized carbons (Fsp3) is 0.355.